The average molecular weight is 344 g/mol. The number of likely N-dealkylation sites (tertiary alicyclic amines) is 1. The molecule has 3 rings (SSSR count). The van der Waals surface area contributed by atoms with Crippen molar-refractivity contribution in [3.05, 3.63) is 70.7 Å². The third kappa shape index (κ3) is 3.77. The Bertz CT molecular complexity index is 709. The summed E-state index contributed by atoms with van der Waals surface area (Å²) in [5, 5.41) is 0.541. The van der Waals surface area contributed by atoms with Crippen molar-refractivity contribution in [2.24, 2.45) is 0 Å². The molecule has 0 N–H and O–H groups in total. The molecule has 5 heteroatoms. The maximum absolute atomic E-state index is 12.8. The number of halogens is 1. The minimum Gasteiger partial charge on any atom is -0.444 e. The zero-order valence-corrected chi connectivity index (χ0v) is 13.9. The van der Waals surface area contributed by atoms with E-state index in [0.717, 1.165) is 12.8 Å². The minimum atomic E-state index is -0.924. The van der Waals surface area contributed by atoms with Crippen molar-refractivity contribution in [3.63, 3.8) is 0 Å². The van der Waals surface area contributed by atoms with E-state index in [9.17, 15) is 9.59 Å². The summed E-state index contributed by atoms with van der Waals surface area (Å²) in [4.78, 5) is 27.0. The number of esters is 1. The fourth-order valence-corrected chi connectivity index (χ4v) is 2.88. The lowest BCUT2D eigenvalue weighted by Gasteiger charge is -2.23. The SMILES string of the molecule is O=C(O[C@@H](C(=O)N1CCCC1)c1ccccc1)c1ccc(Cl)cc1. The molecule has 0 radical (unpaired) electrons. The summed E-state index contributed by atoms with van der Waals surface area (Å²) in [5.41, 5.74) is 1.05. The molecule has 4 nitrogen and oxygen atoms in total. The third-order valence-corrected chi connectivity index (χ3v) is 4.30. The molecule has 0 saturated carbocycles. The largest absolute Gasteiger partial charge is 0.444 e. The Hall–Kier alpha value is -2.33. The van der Waals surface area contributed by atoms with Crippen LogP contribution in [0.1, 0.15) is 34.9 Å². The number of nitrogens with zero attached hydrogens (tertiary/aromatic N) is 1. The van der Waals surface area contributed by atoms with E-state index in [1.54, 1.807) is 41.3 Å². The second kappa shape index (κ2) is 7.49. The Balaban J connectivity index is 1.83. The van der Waals surface area contributed by atoms with Gasteiger partial charge < -0.3 is 9.64 Å². The molecule has 1 amide bonds. The Morgan fingerprint density at radius 3 is 2.21 bits per heavy atom. The first-order chi connectivity index (χ1) is 11.6. The highest BCUT2D eigenvalue weighted by Crippen LogP contribution is 2.24. The Morgan fingerprint density at radius 1 is 0.958 bits per heavy atom. The fraction of sp³-hybridized carbons (Fsp3) is 0.263. The first-order valence-electron chi connectivity index (χ1n) is 7.95. The predicted octanol–water partition coefficient (Wildman–Crippen LogP) is 3.86. The highest BCUT2D eigenvalue weighted by atomic mass is 35.5. The molecular weight excluding hydrogens is 326 g/mol. The molecule has 1 aliphatic rings. The number of hydrogen-bond acceptors (Lipinski definition) is 3. The molecule has 1 atom stereocenters. The summed E-state index contributed by atoms with van der Waals surface area (Å²) in [5.74, 6) is -0.700. The maximum Gasteiger partial charge on any atom is 0.339 e. The van der Waals surface area contributed by atoms with Gasteiger partial charge >= 0.3 is 5.97 Å². The summed E-state index contributed by atoms with van der Waals surface area (Å²) in [6.07, 6.45) is 1.05. The van der Waals surface area contributed by atoms with E-state index < -0.39 is 12.1 Å². The summed E-state index contributed by atoms with van der Waals surface area (Å²) in [7, 11) is 0. The van der Waals surface area contributed by atoms with Crippen molar-refractivity contribution >= 4 is 23.5 Å². The number of carbonyl (C=O) groups is 2. The molecule has 2 aromatic carbocycles. The predicted molar refractivity (Wildman–Crippen MR) is 91.9 cm³/mol. The Morgan fingerprint density at radius 2 is 1.58 bits per heavy atom. The quantitative estimate of drug-likeness (QED) is 0.792. The average Bonchev–Trinajstić information content (AvgIpc) is 3.15. The van der Waals surface area contributed by atoms with Crippen LogP contribution in [0.25, 0.3) is 0 Å². The van der Waals surface area contributed by atoms with Gasteiger partial charge in [0.15, 0.2) is 0 Å². The number of hydrogen-bond donors (Lipinski definition) is 0. The molecular formula is C19H18ClNO3. The molecule has 2 aromatic rings. The smallest absolute Gasteiger partial charge is 0.339 e. The molecule has 1 aliphatic heterocycles. The van der Waals surface area contributed by atoms with Crippen LogP contribution in [-0.2, 0) is 9.53 Å². The van der Waals surface area contributed by atoms with E-state index in [0.29, 0.717) is 29.2 Å². The summed E-state index contributed by atoms with van der Waals surface area (Å²) < 4.78 is 5.56. The Kier molecular flexibility index (Phi) is 5.16. The van der Waals surface area contributed by atoms with Crippen LogP contribution in [0.2, 0.25) is 5.02 Å². The van der Waals surface area contributed by atoms with Gasteiger partial charge in [0.2, 0.25) is 6.10 Å². The lowest BCUT2D eigenvalue weighted by Crippen LogP contribution is -2.34. The normalized spacial score (nSPS) is 15.1. The molecule has 24 heavy (non-hydrogen) atoms. The van der Waals surface area contributed by atoms with Crippen molar-refractivity contribution in [3.8, 4) is 0 Å². The monoisotopic (exact) mass is 343 g/mol. The van der Waals surface area contributed by atoms with Gasteiger partial charge in [0.25, 0.3) is 5.91 Å². The minimum absolute atomic E-state index is 0.166. The van der Waals surface area contributed by atoms with Crippen LogP contribution < -0.4 is 0 Å². The molecule has 124 valence electrons. The van der Waals surface area contributed by atoms with Crippen LogP contribution in [0.4, 0.5) is 0 Å². The van der Waals surface area contributed by atoms with Gasteiger partial charge in [-0.15, -0.1) is 0 Å². The van der Waals surface area contributed by atoms with Crippen LogP contribution in [0.5, 0.6) is 0 Å². The maximum atomic E-state index is 12.8. The zero-order chi connectivity index (χ0) is 16.9. The van der Waals surface area contributed by atoms with Gasteiger partial charge in [-0.2, -0.15) is 0 Å². The summed E-state index contributed by atoms with van der Waals surface area (Å²) in [6.45, 7) is 1.42. The van der Waals surface area contributed by atoms with E-state index in [1.165, 1.54) is 0 Å². The lowest BCUT2D eigenvalue weighted by atomic mass is 10.1. The standard InChI is InChI=1S/C19H18ClNO3/c20-16-10-8-15(9-11-16)19(23)24-17(14-6-2-1-3-7-14)18(22)21-12-4-5-13-21/h1-3,6-11,17H,4-5,12-13H2/t17-/m1/s1. The number of ether oxygens (including phenoxy) is 1. The van der Waals surface area contributed by atoms with E-state index >= 15 is 0 Å². The van der Waals surface area contributed by atoms with Crippen molar-refractivity contribution in [1.29, 1.82) is 0 Å². The highest BCUT2D eigenvalue weighted by Gasteiger charge is 2.31. The first kappa shape index (κ1) is 16.5. The number of rotatable bonds is 4. The highest BCUT2D eigenvalue weighted by molar-refractivity contribution is 6.30. The number of carbonyl (C=O) groups excluding carboxylic acids is 2. The molecule has 1 fully saturated rings. The van der Waals surface area contributed by atoms with Gasteiger partial charge in [0.1, 0.15) is 0 Å². The molecule has 0 aromatic heterocycles. The van der Waals surface area contributed by atoms with E-state index in [4.69, 9.17) is 16.3 Å². The van der Waals surface area contributed by atoms with E-state index in [2.05, 4.69) is 0 Å². The summed E-state index contributed by atoms with van der Waals surface area (Å²) >= 11 is 5.84. The molecule has 1 heterocycles. The van der Waals surface area contributed by atoms with Crippen LogP contribution in [-0.4, -0.2) is 29.9 Å². The van der Waals surface area contributed by atoms with Crippen molar-refractivity contribution in [2.45, 2.75) is 18.9 Å². The van der Waals surface area contributed by atoms with Gasteiger partial charge in [-0.25, -0.2) is 4.79 Å². The van der Waals surface area contributed by atoms with Crippen molar-refractivity contribution in [2.75, 3.05) is 13.1 Å². The second-order valence-electron chi connectivity index (χ2n) is 5.74. The number of amides is 1. The second-order valence-corrected chi connectivity index (χ2v) is 6.17. The third-order valence-electron chi connectivity index (χ3n) is 4.05. The zero-order valence-electron chi connectivity index (χ0n) is 13.2. The van der Waals surface area contributed by atoms with E-state index in [1.807, 2.05) is 18.2 Å². The first-order valence-corrected chi connectivity index (χ1v) is 8.33. The topological polar surface area (TPSA) is 46.6 Å². The van der Waals surface area contributed by atoms with Crippen molar-refractivity contribution in [1.82, 2.24) is 4.90 Å². The van der Waals surface area contributed by atoms with Gasteiger partial charge in [-0.05, 0) is 37.1 Å². The molecule has 0 spiro atoms. The van der Waals surface area contributed by atoms with Gasteiger partial charge in [-0.3, -0.25) is 4.79 Å². The van der Waals surface area contributed by atoms with Gasteiger partial charge in [-0.1, -0.05) is 41.9 Å². The van der Waals surface area contributed by atoms with Gasteiger partial charge in [0.05, 0.1) is 5.56 Å². The van der Waals surface area contributed by atoms with Crippen LogP contribution >= 0.6 is 11.6 Å². The number of benzene rings is 2. The molecule has 0 unspecified atom stereocenters. The van der Waals surface area contributed by atoms with Crippen LogP contribution in [0, 0.1) is 0 Å². The summed E-state index contributed by atoms with van der Waals surface area (Å²) in [6, 6.07) is 15.5. The van der Waals surface area contributed by atoms with E-state index in [-0.39, 0.29) is 5.91 Å². The Labute approximate surface area is 146 Å². The molecule has 0 bridgehead atoms. The van der Waals surface area contributed by atoms with Gasteiger partial charge in [0, 0.05) is 23.7 Å². The fourth-order valence-electron chi connectivity index (χ4n) is 2.75. The van der Waals surface area contributed by atoms with Crippen LogP contribution in [0.3, 0.4) is 0 Å². The van der Waals surface area contributed by atoms with Crippen molar-refractivity contribution < 1.29 is 14.3 Å². The molecule has 0 aliphatic carbocycles. The molecule has 1 saturated heterocycles. The van der Waals surface area contributed by atoms with Crippen LogP contribution in [0.15, 0.2) is 54.6 Å². The lowest BCUT2D eigenvalue weighted by molar-refractivity contribution is -0.140.